The molecule has 28 heavy (non-hydrogen) atoms. The third-order valence-corrected chi connectivity index (χ3v) is 8.03. The van der Waals surface area contributed by atoms with E-state index in [9.17, 15) is 4.79 Å². The number of hydrogen-bond donors (Lipinski definition) is 0. The van der Waals surface area contributed by atoms with E-state index in [1.807, 2.05) is 0 Å². The van der Waals surface area contributed by atoms with Crippen LogP contribution in [0.4, 0.5) is 0 Å². The third-order valence-electron chi connectivity index (χ3n) is 8.03. The molecule has 1 spiro atoms. The highest BCUT2D eigenvalue weighted by molar-refractivity contribution is 5.76. The Labute approximate surface area is 171 Å². The maximum absolute atomic E-state index is 12.7. The van der Waals surface area contributed by atoms with Gasteiger partial charge in [-0.2, -0.15) is 0 Å². The molecule has 1 atom stereocenters. The lowest BCUT2D eigenvalue weighted by Gasteiger charge is -2.50. The second-order valence-corrected chi connectivity index (χ2v) is 10.1. The van der Waals surface area contributed by atoms with Gasteiger partial charge >= 0.3 is 0 Å². The first-order chi connectivity index (χ1) is 13.5. The fraction of sp³-hybridized carbons (Fsp3) is 0.957. The van der Waals surface area contributed by atoms with E-state index in [-0.39, 0.29) is 5.60 Å². The monoisotopic (exact) mass is 391 g/mol. The van der Waals surface area contributed by atoms with E-state index in [1.54, 1.807) is 0 Å². The quantitative estimate of drug-likeness (QED) is 0.738. The van der Waals surface area contributed by atoms with Crippen LogP contribution in [0.3, 0.4) is 0 Å². The molecular weight excluding hydrogens is 350 g/mol. The zero-order valence-corrected chi connectivity index (χ0v) is 18.2. The van der Waals surface area contributed by atoms with Gasteiger partial charge in [0.05, 0.1) is 5.60 Å². The van der Waals surface area contributed by atoms with E-state index >= 15 is 0 Å². The van der Waals surface area contributed by atoms with Gasteiger partial charge in [0, 0.05) is 64.4 Å². The lowest BCUT2D eigenvalue weighted by atomic mass is 9.81. The van der Waals surface area contributed by atoms with Crippen molar-refractivity contribution in [2.45, 2.75) is 89.3 Å². The first kappa shape index (κ1) is 20.6. The van der Waals surface area contributed by atoms with Crippen LogP contribution >= 0.6 is 0 Å². The molecular formula is C23H41N3O2. The van der Waals surface area contributed by atoms with Crippen LogP contribution < -0.4 is 0 Å². The van der Waals surface area contributed by atoms with Crippen molar-refractivity contribution < 1.29 is 9.53 Å². The molecule has 0 N–H and O–H groups in total. The van der Waals surface area contributed by atoms with Crippen LogP contribution in [0, 0.1) is 5.92 Å². The molecule has 160 valence electrons. The van der Waals surface area contributed by atoms with E-state index in [1.165, 1.54) is 64.7 Å². The van der Waals surface area contributed by atoms with Gasteiger partial charge in [-0.3, -0.25) is 14.6 Å². The fourth-order valence-electron chi connectivity index (χ4n) is 6.04. The highest BCUT2D eigenvalue weighted by atomic mass is 16.5. The lowest BCUT2D eigenvalue weighted by Crippen LogP contribution is -2.58. The number of likely N-dealkylation sites (tertiary alicyclic amines) is 1. The third kappa shape index (κ3) is 4.73. The summed E-state index contributed by atoms with van der Waals surface area (Å²) in [7, 11) is 0. The Kier molecular flexibility index (Phi) is 6.63. The molecule has 0 bridgehead atoms. The summed E-state index contributed by atoms with van der Waals surface area (Å²) in [5, 5.41) is 0. The topological polar surface area (TPSA) is 36.0 Å². The van der Waals surface area contributed by atoms with E-state index in [0.717, 1.165) is 39.0 Å². The number of hydrogen-bond acceptors (Lipinski definition) is 4. The summed E-state index contributed by atoms with van der Waals surface area (Å²) in [6, 6.07) is 1.33. The minimum absolute atomic E-state index is 0.0300. The second kappa shape index (κ2) is 9.01. The van der Waals surface area contributed by atoms with Gasteiger partial charge in [-0.25, -0.2) is 0 Å². The molecule has 1 aliphatic carbocycles. The first-order valence-electron chi connectivity index (χ1n) is 11.9. The average Bonchev–Trinajstić information content (AvgIpc) is 3.22. The largest absolute Gasteiger partial charge is 0.375 e. The van der Waals surface area contributed by atoms with Gasteiger partial charge in [-0.1, -0.05) is 12.8 Å². The molecule has 3 saturated heterocycles. The summed E-state index contributed by atoms with van der Waals surface area (Å²) < 4.78 is 6.37. The maximum Gasteiger partial charge on any atom is 0.222 e. The van der Waals surface area contributed by atoms with Gasteiger partial charge in [0.25, 0.3) is 0 Å². The minimum Gasteiger partial charge on any atom is -0.375 e. The molecule has 0 aromatic rings. The van der Waals surface area contributed by atoms with Gasteiger partial charge < -0.3 is 9.64 Å². The highest BCUT2D eigenvalue weighted by Crippen LogP contribution is 2.37. The summed E-state index contributed by atoms with van der Waals surface area (Å²) in [6.45, 7) is 12.1. The van der Waals surface area contributed by atoms with Crippen LogP contribution in [0.25, 0.3) is 0 Å². The Morgan fingerprint density at radius 1 is 1.00 bits per heavy atom. The molecule has 3 heterocycles. The Morgan fingerprint density at radius 3 is 2.32 bits per heavy atom. The van der Waals surface area contributed by atoms with Crippen LogP contribution in [0.2, 0.25) is 0 Å². The van der Waals surface area contributed by atoms with E-state index in [4.69, 9.17) is 4.74 Å². The van der Waals surface area contributed by atoms with Crippen LogP contribution in [0.1, 0.15) is 71.6 Å². The number of piperidine rings is 1. The number of amides is 1. The van der Waals surface area contributed by atoms with E-state index in [0.29, 0.717) is 23.9 Å². The Hall–Kier alpha value is -0.650. The number of rotatable bonds is 4. The fourth-order valence-corrected chi connectivity index (χ4v) is 6.04. The van der Waals surface area contributed by atoms with Crippen LogP contribution in [0.15, 0.2) is 0 Å². The zero-order chi connectivity index (χ0) is 19.6. The Morgan fingerprint density at radius 2 is 1.68 bits per heavy atom. The molecule has 5 heteroatoms. The number of piperazine rings is 1. The van der Waals surface area contributed by atoms with Crippen molar-refractivity contribution in [2.24, 2.45) is 5.92 Å². The lowest BCUT2D eigenvalue weighted by molar-refractivity contribution is -0.151. The molecule has 4 fully saturated rings. The second-order valence-electron chi connectivity index (χ2n) is 10.1. The molecule has 0 aromatic heterocycles. The minimum atomic E-state index is 0.0300. The van der Waals surface area contributed by atoms with Crippen molar-refractivity contribution in [1.82, 2.24) is 14.7 Å². The van der Waals surface area contributed by atoms with Crippen LogP contribution in [-0.2, 0) is 9.53 Å². The van der Waals surface area contributed by atoms with Crippen molar-refractivity contribution in [3.63, 3.8) is 0 Å². The summed E-state index contributed by atoms with van der Waals surface area (Å²) in [4.78, 5) is 20.2. The highest BCUT2D eigenvalue weighted by Gasteiger charge is 2.43. The maximum atomic E-state index is 12.7. The number of ether oxygens (including phenoxy) is 1. The van der Waals surface area contributed by atoms with Crippen molar-refractivity contribution in [3.8, 4) is 0 Å². The molecule has 0 unspecified atom stereocenters. The molecule has 0 aromatic carbocycles. The van der Waals surface area contributed by atoms with Crippen molar-refractivity contribution in [1.29, 1.82) is 0 Å². The molecule has 5 nitrogen and oxygen atoms in total. The number of carbonyl (C=O) groups is 1. The zero-order valence-electron chi connectivity index (χ0n) is 18.2. The standard InChI is InChI=1S/C23H41N3O2/c1-19(2)24-12-14-25(15-13-24)21-7-16-28-23(18-21)8-10-26(11-9-23)22(27)17-20-5-3-4-6-20/h19-21H,3-18H2,1-2H3/t21-/m0/s1. The van der Waals surface area contributed by atoms with Crippen LogP contribution in [0.5, 0.6) is 0 Å². The summed E-state index contributed by atoms with van der Waals surface area (Å²) in [6.07, 6.45) is 10.4. The van der Waals surface area contributed by atoms with Gasteiger partial charge in [0.1, 0.15) is 0 Å². The summed E-state index contributed by atoms with van der Waals surface area (Å²) in [5.74, 6) is 1.06. The SMILES string of the molecule is CC(C)N1CCN([C@H]2CCOC3(CCN(C(=O)CC4CCCC4)CC3)C2)CC1. The number of carbonyl (C=O) groups excluding carboxylic acids is 1. The normalized spacial score (nSPS) is 30.4. The Balaban J connectivity index is 1.26. The summed E-state index contributed by atoms with van der Waals surface area (Å²) in [5.41, 5.74) is 0.0300. The molecule has 1 saturated carbocycles. The molecule has 3 aliphatic heterocycles. The van der Waals surface area contributed by atoms with Crippen molar-refractivity contribution >= 4 is 5.91 Å². The summed E-state index contributed by atoms with van der Waals surface area (Å²) >= 11 is 0. The average molecular weight is 392 g/mol. The van der Waals surface area contributed by atoms with Gasteiger partial charge in [-0.15, -0.1) is 0 Å². The molecule has 4 rings (SSSR count). The smallest absolute Gasteiger partial charge is 0.222 e. The Bertz CT molecular complexity index is 516. The predicted molar refractivity (Wildman–Crippen MR) is 112 cm³/mol. The van der Waals surface area contributed by atoms with E-state index in [2.05, 4.69) is 28.5 Å². The first-order valence-corrected chi connectivity index (χ1v) is 11.9. The number of nitrogens with zero attached hydrogens (tertiary/aromatic N) is 3. The predicted octanol–water partition coefficient (Wildman–Crippen LogP) is 3.13. The van der Waals surface area contributed by atoms with Gasteiger partial charge in [0.15, 0.2) is 0 Å². The van der Waals surface area contributed by atoms with Crippen LogP contribution in [-0.4, -0.2) is 84.2 Å². The van der Waals surface area contributed by atoms with Gasteiger partial charge in [0.2, 0.25) is 5.91 Å². The van der Waals surface area contributed by atoms with Crippen molar-refractivity contribution in [2.75, 3.05) is 45.9 Å². The van der Waals surface area contributed by atoms with Crippen molar-refractivity contribution in [3.05, 3.63) is 0 Å². The van der Waals surface area contributed by atoms with E-state index < -0.39 is 0 Å². The van der Waals surface area contributed by atoms with Gasteiger partial charge in [-0.05, 0) is 58.3 Å². The molecule has 4 aliphatic rings. The molecule has 1 amide bonds. The molecule has 0 radical (unpaired) electrons.